The van der Waals surface area contributed by atoms with E-state index in [1.54, 1.807) is 0 Å². The number of hydrogen-bond donors (Lipinski definition) is 5. The second-order valence-corrected chi connectivity index (χ2v) is 1.34. The first-order valence-electron chi connectivity index (χ1n) is 1.15. The molecule has 0 rings (SSSR count). The van der Waals surface area contributed by atoms with Gasteiger partial charge in [0.05, 0.1) is 0 Å². The maximum atomic E-state index is 8.74. The summed E-state index contributed by atoms with van der Waals surface area (Å²) in [4.78, 5) is 0. The Hall–Kier alpha value is -0.250. The van der Waals surface area contributed by atoms with Gasteiger partial charge in [-0.2, -0.15) is 8.42 Å². The summed E-state index contributed by atoms with van der Waals surface area (Å²) in [6, 6.07) is 0. The van der Waals surface area contributed by atoms with E-state index in [1.165, 1.54) is 0 Å². The predicted molar refractivity (Wildman–Crippen MR) is 32.4 cm³/mol. The molecule has 62 valence electrons. The van der Waals surface area contributed by atoms with Gasteiger partial charge in [-0.15, -0.1) is 0 Å². The maximum Gasteiger partial charge on any atom is 0.394 e. The Morgan fingerprint density at radius 2 is 1.00 bits per heavy atom. The van der Waals surface area contributed by atoms with Crippen molar-refractivity contribution in [2.75, 3.05) is 7.11 Å². The van der Waals surface area contributed by atoms with Crippen molar-refractivity contribution in [1.29, 1.82) is 0 Å². The first-order chi connectivity index (χ1) is 3.00. The van der Waals surface area contributed by atoms with Crippen LogP contribution in [0.4, 0.5) is 0 Å². The van der Waals surface area contributed by atoms with Crippen molar-refractivity contribution in [3.8, 4) is 0 Å². The Kier molecular flexibility index (Phi) is 27.6. The number of aliphatic hydroxyl groups is 1. The molecular weight excluding hydrogens is 152 g/mol. The minimum Gasteiger partial charge on any atom is -0.400 e. The first kappa shape index (κ1) is 23.3. The van der Waals surface area contributed by atoms with Gasteiger partial charge in [0.15, 0.2) is 0 Å². The van der Waals surface area contributed by atoms with Crippen LogP contribution in [0.5, 0.6) is 0 Å². The second-order valence-electron chi connectivity index (χ2n) is 0.448. The highest BCUT2D eigenvalue weighted by Crippen LogP contribution is 1.59. The molecule has 0 aliphatic heterocycles. The van der Waals surface area contributed by atoms with Crippen molar-refractivity contribution in [3.63, 3.8) is 0 Å². The van der Waals surface area contributed by atoms with Gasteiger partial charge < -0.3 is 17.4 Å². The highest BCUT2D eigenvalue weighted by atomic mass is 32.3. The third kappa shape index (κ3) is 4100. The Labute approximate surface area is 53.4 Å². The lowest BCUT2D eigenvalue weighted by atomic mass is 11.8. The standard InChI is InChI=1S/CH4O.2H3N.H2O4S/c1-2;;;1-5(2,3)4/h2H,1H3;2*1H3;(H2,1,2,3,4). The molecule has 0 saturated carbocycles. The summed E-state index contributed by atoms with van der Waals surface area (Å²) in [6.45, 7) is 0. The highest BCUT2D eigenvalue weighted by Gasteiger charge is 1.84. The van der Waals surface area contributed by atoms with Gasteiger partial charge in [-0.25, -0.2) is 0 Å². The van der Waals surface area contributed by atoms with Crippen molar-refractivity contribution in [2.45, 2.75) is 0 Å². The predicted octanol–water partition coefficient (Wildman–Crippen LogP) is -0.720. The van der Waals surface area contributed by atoms with Gasteiger partial charge in [0.2, 0.25) is 0 Å². The quantitative estimate of drug-likeness (QED) is 0.294. The Morgan fingerprint density at radius 3 is 1.00 bits per heavy atom. The average Bonchev–Trinajstić information content (AvgIpc) is 1.36. The van der Waals surface area contributed by atoms with Crippen LogP contribution in [0.1, 0.15) is 0 Å². The molecule has 0 heterocycles. The van der Waals surface area contributed by atoms with Crippen LogP contribution in [0.25, 0.3) is 0 Å². The van der Waals surface area contributed by atoms with E-state index in [2.05, 4.69) is 0 Å². The normalized spacial score (nSPS) is 7.11. The average molecular weight is 164 g/mol. The van der Waals surface area contributed by atoms with Crippen LogP contribution in [-0.2, 0) is 10.4 Å². The molecule has 0 amide bonds. The molecule has 0 aliphatic carbocycles. The zero-order valence-corrected chi connectivity index (χ0v) is 5.80. The minimum atomic E-state index is -4.67. The lowest BCUT2D eigenvalue weighted by molar-refractivity contribution is 0.381. The molecule has 0 aromatic heterocycles. The molecule has 0 bridgehead atoms. The third-order valence-corrected chi connectivity index (χ3v) is 0. The third-order valence-electron chi connectivity index (χ3n) is 0. The fourth-order valence-corrected chi connectivity index (χ4v) is 0. The van der Waals surface area contributed by atoms with Gasteiger partial charge in [0.25, 0.3) is 0 Å². The van der Waals surface area contributed by atoms with Gasteiger partial charge >= 0.3 is 10.4 Å². The van der Waals surface area contributed by atoms with Crippen molar-refractivity contribution < 1.29 is 22.6 Å². The Balaban J connectivity index is -0.0000000286. The fraction of sp³-hybridized carbons (Fsp3) is 1.00. The van der Waals surface area contributed by atoms with Gasteiger partial charge in [-0.1, -0.05) is 0 Å². The van der Waals surface area contributed by atoms with Crippen LogP contribution < -0.4 is 12.3 Å². The molecule has 0 spiro atoms. The minimum absolute atomic E-state index is 0. The molecule has 0 aromatic carbocycles. The molecule has 9 heavy (non-hydrogen) atoms. The van der Waals surface area contributed by atoms with E-state index in [-0.39, 0.29) is 12.3 Å². The SMILES string of the molecule is CO.N.N.O=S(=O)(O)O. The molecule has 0 aromatic rings. The summed E-state index contributed by atoms with van der Waals surface area (Å²) in [5, 5.41) is 7.00. The van der Waals surface area contributed by atoms with Crippen LogP contribution in [0.3, 0.4) is 0 Å². The van der Waals surface area contributed by atoms with Crippen LogP contribution in [-0.4, -0.2) is 29.7 Å². The molecule has 0 saturated heterocycles. The van der Waals surface area contributed by atoms with Gasteiger partial charge in [-0.05, 0) is 0 Å². The van der Waals surface area contributed by atoms with E-state index in [9.17, 15) is 0 Å². The summed E-state index contributed by atoms with van der Waals surface area (Å²) < 4.78 is 31.6. The highest BCUT2D eigenvalue weighted by molar-refractivity contribution is 7.79. The number of aliphatic hydroxyl groups excluding tert-OH is 1. The van der Waals surface area contributed by atoms with Crippen LogP contribution >= 0.6 is 0 Å². The zero-order chi connectivity index (χ0) is 6.50. The molecule has 0 aliphatic rings. The molecule has 9 N–H and O–H groups in total. The summed E-state index contributed by atoms with van der Waals surface area (Å²) in [5.41, 5.74) is 0. The van der Waals surface area contributed by atoms with E-state index in [4.69, 9.17) is 22.6 Å². The molecule has 7 nitrogen and oxygen atoms in total. The Bertz CT molecular complexity index is 98.1. The topological polar surface area (TPSA) is 165 Å². The number of rotatable bonds is 0. The van der Waals surface area contributed by atoms with E-state index in [0.29, 0.717) is 0 Å². The summed E-state index contributed by atoms with van der Waals surface area (Å²) in [5.74, 6) is 0. The molecular formula is CH12N2O5S. The van der Waals surface area contributed by atoms with Crippen molar-refractivity contribution >= 4 is 10.4 Å². The molecule has 0 unspecified atom stereocenters. The van der Waals surface area contributed by atoms with Crippen LogP contribution in [0, 0.1) is 0 Å². The molecule has 0 atom stereocenters. The van der Waals surface area contributed by atoms with Crippen molar-refractivity contribution in [1.82, 2.24) is 12.3 Å². The summed E-state index contributed by atoms with van der Waals surface area (Å²) in [7, 11) is -3.67. The fourth-order valence-electron chi connectivity index (χ4n) is 0. The number of hydrogen-bond acceptors (Lipinski definition) is 5. The zero-order valence-electron chi connectivity index (χ0n) is 4.98. The first-order valence-corrected chi connectivity index (χ1v) is 2.54. The summed E-state index contributed by atoms with van der Waals surface area (Å²) >= 11 is 0. The molecule has 8 heteroatoms. The largest absolute Gasteiger partial charge is 0.400 e. The van der Waals surface area contributed by atoms with Crippen molar-refractivity contribution in [3.05, 3.63) is 0 Å². The van der Waals surface area contributed by atoms with Gasteiger partial charge in [0, 0.05) is 7.11 Å². The van der Waals surface area contributed by atoms with Gasteiger partial charge in [0.1, 0.15) is 0 Å². The van der Waals surface area contributed by atoms with E-state index < -0.39 is 10.4 Å². The Morgan fingerprint density at radius 1 is 1.00 bits per heavy atom. The molecule has 0 radical (unpaired) electrons. The van der Waals surface area contributed by atoms with Crippen molar-refractivity contribution in [2.24, 2.45) is 0 Å². The monoisotopic (exact) mass is 164 g/mol. The lowest BCUT2D eigenvalue weighted by Gasteiger charge is -1.68. The smallest absolute Gasteiger partial charge is 0.394 e. The molecule has 0 fully saturated rings. The van der Waals surface area contributed by atoms with E-state index >= 15 is 0 Å². The van der Waals surface area contributed by atoms with E-state index in [0.717, 1.165) is 7.11 Å². The second kappa shape index (κ2) is 10.7. The van der Waals surface area contributed by atoms with Crippen LogP contribution in [0.2, 0.25) is 0 Å². The maximum absolute atomic E-state index is 8.74. The van der Waals surface area contributed by atoms with E-state index in [1.807, 2.05) is 0 Å². The van der Waals surface area contributed by atoms with Crippen LogP contribution in [0.15, 0.2) is 0 Å². The summed E-state index contributed by atoms with van der Waals surface area (Å²) in [6.07, 6.45) is 0. The lowest BCUT2D eigenvalue weighted by Crippen LogP contribution is -1.89. The van der Waals surface area contributed by atoms with Gasteiger partial charge in [-0.3, -0.25) is 9.11 Å².